The highest BCUT2D eigenvalue weighted by atomic mass is 32.1. The summed E-state index contributed by atoms with van der Waals surface area (Å²) < 4.78 is 13.5. The third-order valence-corrected chi connectivity index (χ3v) is 3.97. The first-order valence-electron chi connectivity index (χ1n) is 6.61. The fraction of sp³-hybridized carbons (Fsp3) is 0.0625. The van der Waals surface area contributed by atoms with Gasteiger partial charge in [0, 0.05) is 23.3 Å². The lowest BCUT2D eigenvalue weighted by Gasteiger charge is -2.04. The summed E-state index contributed by atoms with van der Waals surface area (Å²) in [6.45, 7) is 0.259. The second-order valence-corrected chi connectivity index (χ2v) is 5.40. The number of carbonyl (C=O) groups excluding carboxylic acids is 1. The minimum Gasteiger partial charge on any atom is -0.346 e. The van der Waals surface area contributed by atoms with Gasteiger partial charge in [0.25, 0.3) is 5.91 Å². The van der Waals surface area contributed by atoms with Gasteiger partial charge < -0.3 is 5.32 Å². The van der Waals surface area contributed by atoms with Crippen LogP contribution in [0.25, 0.3) is 10.6 Å². The van der Waals surface area contributed by atoms with Crippen molar-refractivity contribution >= 4 is 17.2 Å². The molecule has 1 aromatic carbocycles. The summed E-state index contributed by atoms with van der Waals surface area (Å²) in [6, 6.07) is 9.64. The van der Waals surface area contributed by atoms with Crippen molar-refractivity contribution in [1.29, 1.82) is 0 Å². The molecule has 0 aliphatic heterocycles. The Kier molecular flexibility index (Phi) is 4.20. The average molecular weight is 313 g/mol. The van der Waals surface area contributed by atoms with Gasteiger partial charge in [-0.05, 0) is 24.3 Å². The summed E-state index contributed by atoms with van der Waals surface area (Å²) in [5.74, 6) is -0.979. The maximum atomic E-state index is 13.5. The molecule has 0 spiro atoms. The molecular weight excluding hydrogens is 301 g/mol. The fourth-order valence-electron chi connectivity index (χ4n) is 1.93. The number of nitrogens with zero attached hydrogens (tertiary/aromatic N) is 2. The molecule has 0 bridgehead atoms. The number of nitrogens with one attached hydrogen (secondary N) is 1. The normalized spacial score (nSPS) is 10.4. The van der Waals surface area contributed by atoms with E-state index in [1.54, 1.807) is 24.5 Å². The Morgan fingerprint density at radius 2 is 1.95 bits per heavy atom. The smallest absolute Gasteiger partial charge is 0.254 e. The van der Waals surface area contributed by atoms with E-state index in [-0.39, 0.29) is 12.1 Å². The van der Waals surface area contributed by atoms with E-state index < -0.39 is 11.7 Å². The van der Waals surface area contributed by atoms with Gasteiger partial charge in [-0.3, -0.25) is 9.78 Å². The molecule has 6 heteroatoms. The highest BCUT2D eigenvalue weighted by Crippen LogP contribution is 2.22. The standard InChI is InChI=1S/C16H12FN3OS/c17-14-4-2-1-3-13(14)15(21)19-9-12-10-22-16(20-12)11-5-7-18-8-6-11/h1-8,10H,9H2,(H,19,21). The zero-order valence-corrected chi connectivity index (χ0v) is 12.3. The number of thiazole rings is 1. The van der Waals surface area contributed by atoms with Crippen LogP contribution in [0.4, 0.5) is 4.39 Å². The summed E-state index contributed by atoms with van der Waals surface area (Å²) in [4.78, 5) is 20.3. The van der Waals surface area contributed by atoms with Gasteiger partial charge in [-0.15, -0.1) is 11.3 Å². The number of amides is 1. The second kappa shape index (κ2) is 6.44. The minimum absolute atomic E-state index is 0.0343. The topological polar surface area (TPSA) is 54.9 Å². The molecule has 0 aliphatic rings. The van der Waals surface area contributed by atoms with E-state index in [9.17, 15) is 9.18 Å². The summed E-state index contributed by atoms with van der Waals surface area (Å²) in [5, 5.41) is 5.40. The Morgan fingerprint density at radius 3 is 2.73 bits per heavy atom. The van der Waals surface area contributed by atoms with E-state index in [1.165, 1.54) is 23.5 Å². The van der Waals surface area contributed by atoms with E-state index in [0.717, 1.165) is 16.3 Å². The maximum Gasteiger partial charge on any atom is 0.254 e. The van der Waals surface area contributed by atoms with Gasteiger partial charge in [0.1, 0.15) is 10.8 Å². The van der Waals surface area contributed by atoms with Gasteiger partial charge in [0.2, 0.25) is 0 Å². The van der Waals surface area contributed by atoms with E-state index in [2.05, 4.69) is 15.3 Å². The SMILES string of the molecule is O=C(NCc1csc(-c2ccncc2)n1)c1ccccc1F. The van der Waals surface area contributed by atoms with E-state index in [4.69, 9.17) is 0 Å². The van der Waals surface area contributed by atoms with Crippen LogP contribution >= 0.6 is 11.3 Å². The molecule has 0 radical (unpaired) electrons. The minimum atomic E-state index is -0.532. The molecule has 3 aromatic rings. The lowest BCUT2D eigenvalue weighted by atomic mass is 10.2. The molecule has 2 aromatic heterocycles. The Hall–Kier alpha value is -2.60. The Morgan fingerprint density at radius 1 is 1.18 bits per heavy atom. The molecular formula is C16H12FN3OS. The maximum absolute atomic E-state index is 13.5. The average Bonchev–Trinajstić information content (AvgIpc) is 3.03. The van der Waals surface area contributed by atoms with Crippen LogP contribution in [0.2, 0.25) is 0 Å². The molecule has 0 saturated heterocycles. The van der Waals surface area contributed by atoms with Crippen molar-refractivity contribution in [3.63, 3.8) is 0 Å². The van der Waals surface area contributed by atoms with E-state index >= 15 is 0 Å². The fourth-order valence-corrected chi connectivity index (χ4v) is 2.75. The summed E-state index contributed by atoms with van der Waals surface area (Å²) in [5.41, 5.74) is 1.75. The van der Waals surface area contributed by atoms with Crippen LogP contribution in [-0.2, 0) is 6.54 Å². The molecule has 1 amide bonds. The van der Waals surface area contributed by atoms with Crippen molar-refractivity contribution in [3.8, 4) is 10.6 Å². The molecule has 0 fully saturated rings. The first-order valence-corrected chi connectivity index (χ1v) is 7.49. The third kappa shape index (κ3) is 3.17. The molecule has 0 unspecified atom stereocenters. The Labute approximate surface area is 130 Å². The summed E-state index contributed by atoms with van der Waals surface area (Å²) in [7, 11) is 0. The van der Waals surface area contributed by atoms with Crippen LogP contribution < -0.4 is 5.32 Å². The third-order valence-electron chi connectivity index (χ3n) is 3.03. The number of hydrogen-bond acceptors (Lipinski definition) is 4. The largest absolute Gasteiger partial charge is 0.346 e. The predicted molar refractivity (Wildman–Crippen MR) is 82.9 cm³/mol. The van der Waals surface area contributed by atoms with Gasteiger partial charge in [0.05, 0.1) is 17.8 Å². The van der Waals surface area contributed by atoms with E-state index in [0.29, 0.717) is 0 Å². The molecule has 3 rings (SSSR count). The van der Waals surface area contributed by atoms with Gasteiger partial charge >= 0.3 is 0 Å². The molecule has 0 aliphatic carbocycles. The number of pyridine rings is 1. The number of rotatable bonds is 4. The van der Waals surface area contributed by atoms with Gasteiger partial charge in [-0.1, -0.05) is 12.1 Å². The monoisotopic (exact) mass is 313 g/mol. The second-order valence-electron chi connectivity index (χ2n) is 4.54. The van der Waals surface area contributed by atoms with Crippen molar-refractivity contribution < 1.29 is 9.18 Å². The summed E-state index contributed by atoms with van der Waals surface area (Å²) in [6.07, 6.45) is 3.41. The number of halogens is 1. The highest BCUT2D eigenvalue weighted by molar-refractivity contribution is 7.13. The predicted octanol–water partition coefficient (Wildman–Crippen LogP) is 3.27. The molecule has 110 valence electrons. The van der Waals surface area contributed by atoms with Crippen LogP contribution in [-0.4, -0.2) is 15.9 Å². The van der Waals surface area contributed by atoms with Gasteiger partial charge in [-0.2, -0.15) is 0 Å². The van der Waals surface area contributed by atoms with Crippen molar-refractivity contribution in [1.82, 2.24) is 15.3 Å². The number of aromatic nitrogens is 2. The van der Waals surface area contributed by atoms with Crippen LogP contribution in [0.1, 0.15) is 16.1 Å². The Balaban J connectivity index is 1.67. The zero-order chi connectivity index (χ0) is 15.4. The molecule has 1 N–H and O–H groups in total. The molecule has 2 heterocycles. The number of carbonyl (C=O) groups is 1. The zero-order valence-electron chi connectivity index (χ0n) is 11.5. The molecule has 0 saturated carbocycles. The number of hydrogen-bond donors (Lipinski definition) is 1. The molecule has 22 heavy (non-hydrogen) atoms. The number of benzene rings is 1. The Bertz CT molecular complexity index is 789. The van der Waals surface area contributed by atoms with Crippen molar-refractivity contribution in [3.05, 3.63) is 71.2 Å². The highest BCUT2D eigenvalue weighted by Gasteiger charge is 2.11. The van der Waals surface area contributed by atoms with Crippen LogP contribution in [0, 0.1) is 5.82 Å². The van der Waals surface area contributed by atoms with E-state index in [1.807, 2.05) is 17.5 Å². The first kappa shape index (κ1) is 14.3. The van der Waals surface area contributed by atoms with Gasteiger partial charge in [0.15, 0.2) is 0 Å². The van der Waals surface area contributed by atoms with Crippen LogP contribution in [0.3, 0.4) is 0 Å². The van der Waals surface area contributed by atoms with Crippen molar-refractivity contribution in [2.75, 3.05) is 0 Å². The lowest BCUT2D eigenvalue weighted by molar-refractivity contribution is 0.0946. The van der Waals surface area contributed by atoms with Crippen molar-refractivity contribution in [2.45, 2.75) is 6.54 Å². The molecule has 4 nitrogen and oxygen atoms in total. The molecule has 0 atom stereocenters. The van der Waals surface area contributed by atoms with Gasteiger partial charge in [-0.25, -0.2) is 9.37 Å². The first-order chi connectivity index (χ1) is 10.7. The quantitative estimate of drug-likeness (QED) is 0.804. The van der Waals surface area contributed by atoms with Crippen LogP contribution in [0.15, 0.2) is 54.2 Å². The summed E-state index contributed by atoms with van der Waals surface area (Å²) >= 11 is 1.49. The lowest BCUT2D eigenvalue weighted by Crippen LogP contribution is -2.23. The van der Waals surface area contributed by atoms with Crippen molar-refractivity contribution in [2.24, 2.45) is 0 Å². The van der Waals surface area contributed by atoms with Crippen LogP contribution in [0.5, 0.6) is 0 Å².